The van der Waals surface area contributed by atoms with Crippen LogP contribution in [-0.2, 0) is 20.9 Å². The second-order valence-electron chi connectivity index (χ2n) is 7.28. The number of benzene rings is 2. The van der Waals surface area contributed by atoms with Crippen molar-refractivity contribution < 1.29 is 23.5 Å². The molecule has 0 bridgehead atoms. The predicted octanol–water partition coefficient (Wildman–Crippen LogP) is 3.21. The van der Waals surface area contributed by atoms with Crippen molar-refractivity contribution in [1.29, 1.82) is 0 Å². The van der Waals surface area contributed by atoms with Gasteiger partial charge in [-0.1, -0.05) is 24.3 Å². The number of para-hydroxylation sites is 2. The topological polar surface area (TPSA) is 86.0 Å². The van der Waals surface area contributed by atoms with Gasteiger partial charge in [0.1, 0.15) is 17.9 Å². The molecular weight excluding hydrogens is 386 g/mol. The SMILES string of the molecule is COc1ccccc1N1C[C@H](C(=O)OCc2cc(=O)oc3cc(C)ccc23)CC1=O. The van der Waals surface area contributed by atoms with Crippen LogP contribution in [-0.4, -0.2) is 25.5 Å². The van der Waals surface area contributed by atoms with Crippen LogP contribution in [0.2, 0.25) is 0 Å². The summed E-state index contributed by atoms with van der Waals surface area (Å²) in [4.78, 5) is 38.5. The molecule has 3 aromatic rings. The maximum Gasteiger partial charge on any atom is 0.336 e. The van der Waals surface area contributed by atoms with Crippen molar-refractivity contribution in [3.8, 4) is 5.75 Å². The minimum atomic E-state index is -0.587. The Bertz CT molecular complexity index is 1180. The normalized spacial score (nSPS) is 16.1. The predicted molar refractivity (Wildman–Crippen MR) is 110 cm³/mol. The molecule has 1 atom stereocenters. The molecule has 2 aromatic carbocycles. The van der Waals surface area contributed by atoms with Crippen molar-refractivity contribution in [3.05, 3.63) is 70.1 Å². The van der Waals surface area contributed by atoms with Crippen LogP contribution in [0.5, 0.6) is 5.75 Å². The van der Waals surface area contributed by atoms with Crippen molar-refractivity contribution in [2.75, 3.05) is 18.6 Å². The van der Waals surface area contributed by atoms with Crippen LogP contribution < -0.4 is 15.3 Å². The van der Waals surface area contributed by atoms with Gasteiger partial charge in [0.05, 0.1) is 18.7 Å². The Morgan fingerprint density at radius 1 is 1.17 bits per heavy atom. The van der Waals surface area contributed by atoms with Crippen LogP contribution in [0.4, 0.5) is 5.69 Å². The molecule has 0 N–H and O–H groups in total. The Kier molecular flexibility index (Phi) is 5.27. The van der Waals surface area contributed by atoms with Crippen molar-refractivity contribution in [3.63, 3.8) is 0 Å². The van der Waals surface area contributed by atoms with Crippen LogP contribution in [0.25, 0.3) is 11.0 Å². The first-order valence-electron chi connectivity index (χ1n) is 9.59. The van der Waals surface area contributed by atoms with Crippen LogP contribution in [0, 0.1) is 12.8 Å². The zero-order valence-electron chi connectivity index (χ0n) is 16.7. The zero-order chi connectivity index (χ0) is 21.3. The van der Waals surface area contributed by atoms with E-state index < -0.39 is 17.5 Å². The second kappa shape index (κ2) is 8.02. The Labute approximate surface area is 172 Å². The number of carbonyl (C=O) groups excluding carboxylic acids is 2. The maximum atomic E-state index is 12.6. The molecule has 1 aliphatic heterocycles. The number of carbonyl (C=O) groups is 2. The number of ether oxygens (including phenoxy) is 2. The average molecular weight is 407 g/mol. The lowest BCUT2D eigenvalue weighted by Crippen LogP contribution is -2.26. The van der Waals surface area contributed by atoms with Gasteiger partial charge in [0.25, 0.3) is 0 Å². The van der Waals surface area contributed by atoms with Gasteiger partial charge in [0.15, 0.2) is 0 Å². The third-order valence-corrected chi connectivity index (χ3v) is 5.19. The molecule has 1 aromatic heterocycles. The molecule has 1 aliphatic rings. The molecule has 7 nitrogen and oxygen atoms in total. The number of amides is 1. The molecule has 0 spiro atoms. The Hall–Kier alpha value is -3.61. The summed E-state index contributed by atoms with van der Waals surface area (Å²) >= 11 is 0. The van der Waals surface area contributed by atoms with Gasteiger partial charge in [0.2, 0.25) is 5.91 Å². The van der Waals surface area contributed by atoms with Gasteiger partial charge in [-0.2, -0.15) is 0 Å². The van der Waals surface area contributed by atoms with Crippen molar-refractivity contribution in [2.24, 2.45) is 5.92 Å². The molecule has 30 heavy (non-hydrogen) atoms. The van der Waals surface area contributed by atoms with E-state index >= 15 is 0 Å². The minimum absolute atomic E-state index is 0.0632. The first-order valence-corrected chi connectivity index (χ1v) is 9.59. The number of anilines is 1. The first kappa shape index (κ1) is 19.7. The van der Waals surface area contributed by atoms with Crippen molar-refractivity contribution in [1.82, 2.24) is 0 Å². The lowest BCUT2D eigenvalue weighted by atomic mass is 10.1. The van der Waals surface area contributed by atoms with E-state index in [-0.39, 0.29) is 25.5 Å². The Morgan fingerprint density at radius 2 is 1.97 bits per heavy atom. The molecule has 0 unspecified atom stereocenters. The number of rotatable bonds is 5. The van der Waals surface area contributed by atoms with Gasteiger partial charge in [-0.25, -0.2) is 4.79 Å². The first-order chi connectivity index (χ1) is 14.5. The molecule has 0 saturated carbocycles. The molecule has 0 aliphatic carbocycles. The van der Waals surface area contributed by atoms with Gasteiger partial charge >= 0.3 is 11.6 Å². The van der Waals surface area contributed by atoms with Crippen LogP contribution in [0.3, 0.4) is 0 Å². The molecule has 1 saturated heterocycles. The van der Waals surface area contributed by atoms with E-state index in [2.05, 4.69) is 0 Å². The second-order valence-corrected chi connectivity index (χ2v) is 7.28. The molecule has 4 rings (SSSR count). The summed E-state index contributed by atoms with van der Waals surface area (Å²) in [7, 11) is 1.54. The fourth-order valence-electron chi connectivity index (χ4n) is 3.67. The van der Waals surface area contributed by atoms with E-state index in [4.69, 9.17) is 13.9 Å². The lowest BCUT2D eigenvalue weighted by molar-refractivity contribution is -0.149. The van der Waals surface area contributed by atoms with Gasteiger partial charge in [-0.05, 0) is 30.7 Å². The minimum Gasteiger partial charge on any atom is -0.495 e. The summed E-state index contributed by atoms with van der Waals surface area (Å²) in [5, 5.41) is 0.714. The summed E-state index contributed by atoms with van der Waals surface area (Å²) < 4.78 is 16.0. The van der Waals surface area contributed by atoms with E-state index in [1.165, 1.54) is 13.2 Å². The fraction of sp³-hybridized carbons (Fsp3) is 0.261. The largest absolute Gasteiger partial charge is 0.495 e. The molecule has 0 radical (unpaired) electrons. The highest BCUT2D eigenvalue weighted by atomic mass is 16.5. The number of esters is 1. The molecule has 1 amide bonds. The number of nitrogens with zero attached hydrogens (tertiary/aromatic N) is 1. The number of hydrogen-bond acceptors (Lipinski definition) is 6. The Morgan fingerprint density at radius 3 is 2.77 bits per heavy atom. The standard InChI is InChI=1S/C23H21NO6/c1-14-7-8-17-16(11-22(26)30-20(17)9-14)13-29-23(27)15-10-21(25)24(12-15)18-5-3-4-6-19(18)28-2/h3-9,11,15H,10,12-13H2,1-2H3/t15-/m1/s1. The van der Waals surface area contributed by atoms with Crippen LogP contribution >= 0.6 is 0 Å². The maximum absolute atomic E-state index is 12.6. The van der Waals surface area contributed by atoms with Crippen molar-refractivity contribution >= 4 is 28.5 Å². The quantitative estimate of drug-likeness (QED) is 0.477. The lowest BCUT2D eigenvalue weighted by Gasteiger charge is -2.19. The summed E-state index contributed by atoms with van der Waals surface area (Å²) in [5.74, 6) is -0.661. The van der Waals surface area contributed by atoms with Gasteiger partial charge < -0.3 is 18.8 Å². The van der Waals surface area contributed by atoms with Gasteiger partial charge in [-0.3, -0.25) is 9.59 Å². The van der Waals surface area contributed by atoms with Gasteiger partial charge in [0, 0.05) is 30.0 Å². The molecule has 7 heteroatoms. The summed E-state index contributed by atoms with van der Waals surface area (Å²) in [6.45, 7) is 2.05. The highest BCUT2D eigenvalue weighted by Gasteiger charge is 2.37. The third kappa shape index (κ3) is 3.78. The Balaban J connectivity index is 1.49. The molecule has 1 fully saturated rings. The zero-order valence-corrected chi connectivity index (χ0v) is 16.7. The van der Waals surface area contributed by atoms with E-state index in [1.54, 1.807) is 23.1 Å². The van der Waals surface area contributed by atoms with E-state index in [0.29, 0.717) is 28.0 Å². The number of fused-ring (bicyclic) bond motifs is 1. The van der Waals surface area contributed by atoms with Gasteiger partial charge in [-0.15, -0.1) is 0 Å². The van der Waals surface area contributed by atoms with E-state index in [1.807, 2.05) is 31.2 Å². The third-order valence-electron chi connectivity index (χ3n) is 5.19. The highest BCUT2D eigenvalue weighted by Crippen LogP contribution is 2.33. The summed E-state index contributed by atoms with van der Waals surface area (Å²) in [5.41, 5.74) is 2.10. The number of methoxy groups -OCH3 is 1. The monoisotopic (exact) mass is 407 g/mol. The molecule has 2 heterocycles. The van der Waals surface area contributed by atoms with E-state index in [0.717, 1.165) is 5.56 Å². The summed E-state index contributed by atoms with van der Waals surface area (Å²) in [6.07, 6.45) is 0.0632. The smallest absolute Gasteiger partial charge is 0.336 e. The van der Waals surface area contributed by atoms with Crippen molar-refractivity contribution in [2.45, 2.75) is 20.0 Å². The highest BCUT2D eigenvalue weighted by molar-refractivity contribution is 6.00. The number of aryl methyl sites for hydroxylation is 1. The fourth-order valence-corrected chi connectivity index (χ4v) is 3.67. The average Bonchev–Trinajstić information content (AvgIpc) is 3.12. The van der Waals surface area contributed by atoms with E-state index in [9.17, 15) is 14.4 Å². The molecule has 154 valence electrons. The van der Waals surface area contributed by atoms with Crippen LogP contribution in [0.1, 0.15) is 17.5 Å². The number of hydrogen-bond donors (Lipinski definition) is 0. The van der Waals surface area contributed by atoms with Crippen LogP contribution in [0.15, 0.2) is 57.7 Å². The molecular formula is C23H21NO6. The summed E-state index contributed by atoms with van der Waals surface area (Å²) in [6, 6.07) is 14.0.